The van der Waals surface area contributed by atoms with Gasteiger partial charge in [0, 0.05) is 47.6 Å². The Morgan fingerprint density at radius 3 is 2.61 bits per heavy atom. The molecule has 0 spiro atoms. The third kappa shape index (κ3) is 2.61. The largest absolute Gasteiger partial charge is 0.347 e. The monoisotopic (exact) mass is 307 g/mol. The maximum absolute atomic E-state index is 10.8. The summed E-state index contributed by atoms with van der Waals surface area (Å²) in [5.74, 6) is 0. The minimum atomic E-state index is -0.394. The molecule has 0 aliphatic heterocycles. The average Bonchev–Trinajstić information content (AvgIpc) is 2.78. The first-order chi connectivity index (χ1) is 11.0. The van der Waals surface area contributed by atoms with E-state index in [1.165, 1.54) is 6.07 Å². The minimum absolute atomic E-state index is 0.0859. The molecule has 5 heteroatoms. The van der Waals surface area contributed by atoms with Crippen molar-refractivity contribution in [1.82, 2.24) is 4.57 Å². The summed E-state index contributed by atoms with van der Waals surface area (Å²) < 4.78 is 2.14. The van der Waals surface area contributed by atoms with Gasteiger partial charge in [-0.2, -0.15) is 0 Å². The number of fused-ring (bicyclic) bond motifs is 1. The lowest BCUT2D eigenvalue weighted by Gasteiger charge is -2.00. The number of nitrogens with zero attached hydrogens (tertiary/aromatic N) is 3. The molecule has 0 saturated heterocycles. The fraction of sp³-hybridized carbons (Fsp3) is 0.167. The Morgan fingerprint density at radius 2 is 1.91 bits per heavy atom. The summed E-state index contributed by atoms with van der Waals surface area (Å²) in [4.78, 5) is 14.9. The molecule has 0 bridgehead atoms. The molecule has 0 radical (unpaired) electrons. The molecular weight excluding hydrogens is 290 g/mol. The zero-order valence-electron chi connectivity index (χ0n) is 13.3. The van der Waals surface area contributed by atoms with Gasteiger partial charge in [-0.3, -0.25) is 15.1 Å². The quantitative estimate of drug-likeness (QED) is 0.407. The highest BCUT2D eigenvalue weighted by Crippen LogP contribution is 2.26. The second kappa shape index (κ2) is 5.68. The maximum Gasteiger partial charge on any atom is 0.269 e. The standard InChI is InChI=1S/C18H17N3O2/c1-12-10-14(21(22)23)8-9-17(12)19-11-16-13(2)20(3)18-7-5-4-6-15(16)18/h4-11H,1-3H3. The van der Waals surface area contributed by atoms with E-state index in [9.17, 15) is 10.1 Å². The number of benzene rings is 2. The van der Waals surface area contributed by atoms with Gasteiger partial charge in [-0.05, 0) is 31.5 Å². The summed E-state index contributed by atoms with van der Waals surface area (Å²) in [5, 5.41) is 12.0. The molecule has 0 atom stereocenters. The summed E-state index contributed by atoms with van der Waals surface area (Å²) in [5.41, 5.74) is 4.97. The molecule has 0 N–H and O–H groups in total. The highest BCUT2D eigenvalue weighted by atomic mass is 16.6. The number of aryl methyl sites for hydroxylation is 2. The normalized spacial score (nSPS) is 11.4. The average molecular weight is 307 g/mol. The lowest BCUT2D eigenvalue weighted by molar-refractivity contribution is -0.384. The van der Waals surface area contributed by atoms with Crippen LogP contribution in [0.5, 0.6) is 0 Å². The number of non-ortho nitro benzene ring substituents is 1. The van der Waals surface area contributed by atoms with E-state index < -0.39 is 4.92 Å². The number of aromatic nitrogens is 1. The number of para-hydroxylation sites is 1. The molecule has 0 aliphatic carbocycles. The molecule has 0 amide bonds. The molecule has 2 aromatic carbocycles. The Hall–Kier alpha value is -2.95. The van der Waals surface area contributed by atoms with Gasteiger partial charge in [0.15, 0.2) is 0 Å². The van der Waals surface area contributed by atoms with Crippen molar-refractivity contribution in [1.29, 1.82) is 0 Å². The molecule has 0 fully saturated rings. The first kappa shape index (κ1) is 15.0. The van der Waals surface area contributed by atoms with Gasteiger partial charge in [-0.25, -0.2) is 0 Å². The molecule has 1 heterocycles. The van der Waals surface area contributed by atoms with E-state index in [1.54, 1.807) is 12.1 Å². The predicted molar refractivity (Wildman–Crippen MR) is 92.7 cm³/mol. The smallest absolute Gasteiger partial charge is 0.269 e. The van der Waals surface area contributed by atoms with Gasteiger partial charge in [0.2, 0.25) is 0 Å². The zero-order valence-corrected chi connectivity index (χ0v) is 13.3. The van der Waals surface area contributed by atoms with E-state index in [2.05, 4.69) is 28.6 Å². The molecule has 0 unspecified atom stereocenters. The van der Waals surface area contributed by atoms with Gasteiger partial charge in [0.25, 0.3) is 5.69 Å². The van der Waals surface area contributed by atoms with Crippen molar-refractivity contribution in [3.63, 3.8) is 0 Å². The Bertz CT molecular complexity index is 939. The molecule has 0 aliphatic rings. The molecule has 1 aromatic heterocycles. The van der Waals surface area contributed by atoms with Crippen LogP contribution in [-0.2, 0) is 7.05 Å². The summed E-state index contributed by atoms with van der Waals surface area (Å²) in [6.07, 6.45) is 1.84. The van der Waals surface area contributed by atoms with Gasteiger partial charge in [0.05, 0.1) is 10.6 Å². The SMILES string of the molecule is Cc1cc([N+](=O)[O-])ccc1N=Cc1c(C)n(C)c2ccccc12. The van der Waals surface area contributed by atoms with Crippen LogP contribution in [0.15, 0.2) is 47.5 Å². The highest BCUT2D eigenvalue weighted by Gasteiger charge is 2.10. The Kier molecular flexibility index (Phi) is 3.70. The van der Waals surface area contributed by atoms with Crippen LogP contribution in [-0.4, -0.2) is 15.7 Å². The van der Waals surface area contributed by atoms with Crippen LogP contribution in [0, 0.1) is 24.0 Å². The number of aliphatic imine (C=N–C) groups is 1. The van der Waals surface area contributed by atoms with Crippen LogP contribution in [0.4, 0.5) is 11.4 Å². The number of rotatable bonds is 3. The van der Waals surface area contributed by atoms with E-state index in [-0.39, 0.29) is 5.69 Å². The van der Waals surface area contributed by atoms with Crippen molar-refractivity contribution in [3.8, 4) is 0 Å². The van der Waals surface area contributed by atoms with E-state index in [0.717, 1.165) is 33.4 Å². The second-order valence-electron chi connectivity index (χ2n) is 5.56. The molecule has 5 nitrogen and oxygen atoms in total. The Balaban J connectivity index is 2.04. The van der Waals surface area contributed by atoms with E-state index >= 15 is 0 Å². The minimum Gasteiger partial charge on any atom is -0.347 e. The summed E-state index contributed by atoms with van der Waals surface area (Å²) in [6.45, 7) is 3.89. The van der Waals surface area contributed by atoms with E-state index in [1.807, 2.05) is 32.3 Å². The maximum atomic E-state index is 10.8. The first-order valence-corrected chi connectivity index (χ1v) is 7.32. The number of hydrogen-bond acceptors (Lipinski definition) is 3. The van der Waals surface area contributed by atoms with Crippen LogP contribution < -0.4 is 0 Å². The number of nitro benzene ring substituents is 1. The number of nitro groups is 1. The van der Waals surface area contributed by atoms with Crippen molar-refractivity contribution >= 4 is 28.5 Å². The van der Waals surface area contributed by atoms with Gasteiger partial charge in [-0.15, -0.1) is 0 Å². The first-order valence-electron chi connectivity index (χ1n) is 7.32. The van der Waals surface area contributed by atoms with Crippen LogP contribution in [0.25, 0.3) is 10.9 Å². The van der Waals surface area contributed by atoms with Gasteiger partial charge in [-0.1, -0.05) is 18.2 Å². The topological polar surface area (TPSA) is 60.4 Å². The van der Waals surface area contributed by atoms with Gasteiger partial charge < -0.3 is 4.57 Å². The summed E-state index contributed by atoms with van der Waals surface area (Å²) >= 11 is 0. The van der Waals surface area contributed by atoms with Crippen molar-refractivity contribution in [2.24, 2.45) is 12.0 Å². The lowest BCUT2D eigenvalue weighted by atomic mass is 10.1. The van der Waals surface area contributed by atoms with Crippen LogP contribution in [0.3, 0.4) is 0 Å². The molecule has 116 valence electrons. The van der Waals surface area contributed by atoms with Crippen molar-refractivity contribution in [2.45, 2.75) is 13.8 Å². The third-order valence-electron chi connectivity index (χ3n) is 4.17. The van der Waals surface area contributed by atoms with Crippen LogP contribution in [0.1, 0.15) is 16.8 Å². The molecule has 0 saturated carbocycles. The summed E-state index contributed by atoms with van der Waals surface area (Å²) in [7, 11) is 2.03. The fourth-order valence-corrected chi connectivity index (χ4v) is 2.75. The molecule has 23 heavy (non-hydrogen) atoms. The van der Waals surface area contributed by atoms with Crippen LogP contribution in [0.2, 0.25) is 0 Å². The summed E-state index contributed by atoms with van der Waals surface area (Å²) in [6, 6.07) is 12.9. The fourth-order valence-electron chi connectivity index (χ4n) is 2.75. The molecular formula is C18H17N3O2. The number of hydrogen-bond donors (Lipinski definition) is 0. The Morgan fingerprint density at radius 1 is 1.17 bits per heavy atom. The van der Waals surface area contributed by atoms with Crippen molar-refractivity contribution in [3.05, 3.63) is 69.4 Å². The van der Waals surface area contributed by atoms with Crippen LogP contribution >= 0.6 is 0 Å². The lowest BCUT2D eigenvalue weighted by Crippen LogP contribution is -1.92. The third-order valence-corrected chi connectivity index (χ3v) is 4.17. The predicted octanol–water partition coefficient (Wildman–Crippen LogP) is 4.45. The second-order valence-corrected chi connectivity index (χ2v) is 5.56. The van der Waals surface area contributed by atoms with E-state index in [4.69, 9.17) is 0 Å². The van der Waals surface area contributed by atoms with Crippen molar-refractivity contribution in [2.75, 3.05) is 0 Å². The molecule has 3 aromatic rings. The van der Waals surface area contributed by atoms with Gasteiger partial charge >= 0.3 is 0 Å². The van der Waals surface area contributed by atoms with E-state index in [0.29, 0.717) is 0 Å². The van der Waals surface area contributed by atoms with Crippen molar-refractivity contribution < 1.29 is 4.92 Å². The highest BCUT2D eigenvalue weighted by molar-refractivity contribution is 6.01. The Labute approximate surface area is 134 Å². The van der Waals surface area contributed by atoms with Gasteiger partial charge in [0.1, 0.15) is 0 Å². The zero-order chi connectivity index (χ0) is 16.6. The molecule has 3 rings (SSSR count).